The van der Waals surface area contributed by atoms with Gasteiger partial charge in [0, 0.05) is 18.8 Å². The van der Waals surface area contributed by atoms with Crippen LogP contribution in [-0.2, 0) is 37.6 Å². The molecule has 1 aromatic carbocycles. The Balaban J connectivity index is 0.000000385. The van der Waals surface area contributed by atoms with Crippen molar-refractivity contribution in [1.82, 2.24) is 15.1 Å². The first-order valence-electron chi connectivity index (χ1n) is 13.3. The minimum Gasteiger partial charge on any atom is -0.465 e. The number of benzene rings is 1. The summed E-state index contributed by atoms with van der Waals surface area (Å²) < 4.78 is 98.5. The van der Waals surface area contributed by atoms with Gasteiger partial charge in [0.25, 0.3) is 0 Å². The molecular weight excluding hydrogens is 601 g/mol. The Kier molecular flexibility index (Phi) is 8.96. The van der Waals surface area contributed by atoms with Crippen molar-refractivity contribution < 1.29 is 44.6 Å². The molecular formula is C26H31F3N4O7S2. The second kappa shape index (κ2) is 11.8. The number of nitrogens with zero attached hydrogens (tertiary/aromatic N) is 3. The zero-order chi connectivity index (χ0) is 30.9. The zero-order valence-electron chi connectivity index (χ0n) is 22.7. The van der Waals surface area contributed by atoms with E-state index >= 15 is 0 Å². The molecule has 3 fully saturated rings. The van der Waals surface area contributed by atoms with Gasteiger partial charge in [-0.2, -0.15) is 23.5 Å². The van der Waals surface area contributed by atoms with Crippen molar-refractivity contribution in [2.45, 2.75) is 79.0 Å². The number of nitriles is 1. The van der Waals surface area contributed by atoms with Crippen LogP contribution in [0.1, 0.15) is 50.5 Å². The molecule has 2 atom stereocenters. The number of halogens is 3. The van der Waals surface area contributed by atoms with E-state index in [1.54, 1.807) is 13.2 Å². The minimum atomic E-state index is -4.84. The van der Waals surface area contributed by atoms with Crippen LogP contribution < -0.4 is 5.32 Å². The summed E-state index contributed by atoms with van der Waals surface area (Å²) in [5.41, 5.74) is -1.23. The van der Waals surface area contributed by atoms with E-state index in [9.17, 15) is 34.8 Å². The van der Waals surface area contributed by atoms with Gasteiger partial charge in [-0.25, -0.2) is 21.6 Å². The monoisotopic (exact) mass is 632 g/mol. The molecule has 0 spiro atoms. The molecule has 1 aromatic heterocycles. The number of sulfone groups is 2. The van der Waals surface area contributed by atoms with Crippen LogP contribution in [0.3, 0.4) is 0 Å². The maximum atomic E-state index is 13.9. The van der Waals surface area contributed by atoms with Crippen LogP contribution >= 0.6 is 0 Å². The lowest BCUT2D eigenvalue weighted by atomic mass is 10.1. The van der Waals surface area contributed by atoms with Gasteiger partial charge in [0.2, 0.25) is 0 Å². The first-order valence-corrected chi connectivity index (χ1v) is 16.6. The number of hydrogen-bond acceptors (Lipinski definition) is 8. The predicted molar refractivity (Wildman–Crippen MR) is 144 cm³/mol. The van der Waals surface area contributed by atoms with Crippen LogP contribution in [-0.4, -0.2) is 72.3 Å². The molecule has 2 heterocycles. The Hall–Kier alpha value is -3.16. The standard InChI is InChI=1S/C21H25F3N2O5S2.C5H6N2O2/c1-26-13-15(12-25-26)14-2-5-20(19(10-14)21(22,23)24)33(29,30)18-4-3-17(11-18)31-16-6-8-32(27,28)9-7-16;6-3-5(1-2-5)7-4(8)9/h2,5,10,12-13,16-18H,3-4,6-9,11H2,1H3;7H,1-2H2,(H,8,9)/t17-,18-;/m1./s1. The van der Waals surface area contributed by atoms with Gasteiger partial charge in [0.1, 0.15) is 5.54 Å². The Labute approximate surface area is 241 Å². The lowest BCUT2D eigenvalue weighted by Gasteiger charge is -2.25. The third-order valence-electron chi connectivity index (χ3n) is 7.60. The molecule has 11 nitrogen and oxygen atoms in total. The lowest BCUT2D eigenvalue weighted by molar-refractivity contribution is -0.139. The number of nitrogens with one attached hydrogen (secondary N) is 1. The molecule has 0 unspecified atom stereocenters. The number of carbonyl (C=O) groups is 1. The molecule has 3 aliphatic rings. The number of aryl methyl sites for hydroxylation is 1. The predicted octanol–water partition coefficient (Wildman–Crippen LogP) is 3.70. The topological polar surface area (TPSA) is 168 Å². The van der Waals surface area contributed by atoms with Crippen LogP contribution in [0.2, 0.25) is 0 Å². The lowest BCUT2D eigenvalue weighted by Crippen LogP contribution is -2.33. The second-order valence-electron chi connectivity index (χ2n) is 10.8. The summed E-state index contributed by atoms with van der Waals surface area (Å²) >= 11 is 0. The van der Waals surface area contributed by atoms with E-state index in [1.165, 1.54) is 16.9 Å². The summed E-state index contributed by atoms with van der Waals surface area (Å²) in [6.45, 7) is 0. The molecule has 230 valence electrons. The molecule has 2 saturated carbocycles. The molecule has 2 aliphatic carbocycles. The summed E-state index contributed by atoms with van der Waals surface area (Å²) in [6, 6.07) is 5.14. The normalized spacial score (nSPS) is 23.3. The second-order valence-corrected chi connectivity index (χ2v) is 15.3. The fourth-order valence-corrected chi connectivity index (χ4v) is 8.57. The van der Waals surface area contributed by atoms with E-state index in [0.717, 1.165) is 12.1 Å². The first-order chi connectivity index (χ1) is 19.5. The minimum absolute atomic E-state index is 0.0321. The van der Waals surface area contributed by atoms with Crippen LogP contribution in [0.4, 0.5) is 18.0 Å². The van der Waals surface area contributed by atoms with Crippen molar-refractivity contribution in [2.24, 2.45) is 7.05 Å². The van der Waals surface area contributed by atoms with Crippen molar-refractivity contribution in [1.29, 1.82) is 5.26 Å². The molecule has 0 bridgehead atoms. The van der Waals surface area contributed by atoms with Crippen LogP contribution in [0.15, 0.2) is 35.5 Å². The van der Waals surface area contributed by atoms with Crippen LogP contribution in [0, 0.1) is 11.3 Å². The van der Waals surface area contributed by atoms with Gasteiger partial charge in [-0.05, 0) is 62.6 Å². The summed E-state index contributed by atoms with van der Waals surface area (Å²) in [7, 11) is -5.67. The summed E-state index contributed by atoms with van der Waals surface area (Å²) in [4.78, 5) is 9.23. The van der Waals surface area contributed by atoms with Crippen molar-refractivity contribution in [3.63, 3.8) is 0 Å². The van der Waals surface area contributed by atoms with Gasteiger partial charge in [-0.15, -0.1) is 0 Å². The largest absolute Gasteiger partial charge is 0.465 e. The number of aromatic nitrogens is 2. The summed E-state index contributed by atoms with van der Waals surface area (Å²) in [6.07, 6.45) is -0.992. The highest BCUT2D eigenvalue weighted by molar-refractivity contribution is 7.92. The van der Waals surface area contributed by atoms with E-state index < -0.39 is 59.3 Å². The third-order valence-corrected chi connectivity index (χ3v) is 11.6. The SMILES string of the molecule is Cn1cc(-c2ccc(S(=O)(=O)[C@@H]3CC[C@@H](OC4CCS(=O)(=O)CC4)C3)c(C(F)(F)F)c2)cn1.N#CC1(NC(=O)O)CC1. The van der Waals surface area contributed by atoms with Crippen molar-refractivity contribution in [2.75, 3.05) is 11.5 Å². The van der Waals surface area contributed by atoms with Gasteiger partial charge >= 0.3 is 12.3 Å². The Morgan fingerprint density at radius 3 is 2.33 bits per heavy atom. The van der Waals surface area contributed by atoms with E-state index in [1.807, 2.05) is 6.07 Å². The fourth-order valence-electron chi connectivity index (χ4n) is 5.11. The number of carboxylic acid groups (broad SMARTS) is 1. The average Bonchev–Trinajstić information content (AvgIpc) is 3.28. The molecule has 1 amide bonds. The molecule has 1 aliphatic heterocycles. The zero-order valence-corrected chi connectivity index (χ0v) is 24.3. The van der Waals surface area contributed by atoms with Gasteiger partial charge in [-0.3, -0.25) is 4.68 Å². The molecule has 1 saturated heterocycles. The van der Waals surface area contributed by atoms with Crippen molar-refractivity contribution in [3.05, 3.63) is 36.2 Å². The smallest absolute Gasteiger partial charge is 0.417 e. The maximum Gasteiger partial charge on any atom is 0.417 e. The number of alkyl halides is 3. The Morgan fingerprint density at radius 2 is 1.83 bits per heavy atom. The van der Waals surface area contributed by atoms with E-state index in [0.29, 0.717) is 37.7 Å². The Bertz CT molecular complexity index is 1570. The van der Waals surface area contributed by atoms with Crippen molar-refractivity contribution in [3.8, 4) is 17.2 Å². The number of ether oxygens (including phenoxy) is 1. The van der Waals surface area contributed by atoms with Crippen molar-refractivity contribution >= 4 is 25.8 Å². The first kappa shape index (κ1) is 31.8. The fraction of sp³-hybridized carbons (Fsp3) is 0.577. The highest BCUT2D eigenvalue weighted by atomic mass is 32.2. The molecule has 16 heteroatoms. The highest BCUT2D eigenvalue weighted by Gasteiger charge is 2.45. The summed E-state index contributed by atoms with van der Waals surface area (Å²) in [5, 5.41) is 21.6. The maximum absolute atomic E-state index is 13.9. The number of rotatable bonds is 6. The molecule has 2 N–H and O–H groups in total. The average molecular weight is 633 g/mol. The summed E-state index contributed by atoms with van der Waals surface area (Å²) in [5.74, 6) is 0.0642. The van der Waals surface area contributed by atoms with Gasteiger partial charge < -0.3 is 15.2 Å². The van der Waals surface area contributed by atoms with E-state index in [4.69, 9.17) is 15.1 Å². The van der Waals surface area contributed by atoms with Crippen LogP contribution in [0.25, 0.3) is 11.1 Å². The van der Waals surface area contributed by atoms with Gasteiger partial charge in [0.15, 0.2) is 19.7 Å². The van der Waals surface area contributed by atoms with E-state index in [2.05, 4.69) is 10.4 Å². The van der Waals surface area contributed by atoms with Gasteiger partial charge in [-0.1, -0.05) is 6.07 Å². The van der Waals surface area contributed by atoms with E-state index in [-0.39, 0.29) is 36.0 Å². The number of hydrogen-bond donors (Lipinski definition) is 2. The highest BCUT2D eigenvalue weighted by Crippen LogP contribution is 2.41. The third kappa shape index (κ3) is 7.61. The Morgan fingerprint density at radius 1 is 1.17 bits per heavy atom. The molecule has 5 rings (SSSR count). The van der Waals surface area contributed by atoms with Crippen LogP contribution in [0.5, 0.6) is 0 Å². The molecule has 0 radical (unpaired) electrons. The van der Waals surface area contributed by atoms with Gasteiger partial charge in [0.05, 0.1) is 51.7 Å². The number of amides is 1. The quantitative estimate of drug-likeness (QED) is 0.482. The molecule has 2 aromatic rings. The molecule has 42 heavy (non-hydrogen) atoms.